The highest BCUT2D eigenvalue weighted by molar-refractivity contribution is 5.79. The van der Waals surface area contributed by atoms with E-state index in [9.17, 15) is 9.59 Å². The lowest BCUT2D eigenvalue weighted by Crippen LogP contribution is -2.42. The number of hydrogen-bond acceptors (Lipinski definition) is 3. The van der Waals surface area contributed by atoms with E-state index in [0.717, 1.165) is 11.1 Å². The van der Waals surface area contributed by atoms with E-state index in [2.05, 4.69) is 0 Å². The largest absolute Gasteiger partial charge is 0.483 e. The third-order valence-electron chi connectivity index (χ3n) is 3.36. The van der Waals surface area contributed by atoms with Gasteiger partial charge in [-0.15, -0.1) is 0 Å². The van der Waals surface area contributed by atoms with Gasteiger partial charge in [0.05, 0.1) is 6.42 Å². The molecule has 1 N–H and O–H groups in total. The number of carbonyl (C=O) groups excluding carboxylic acids is 1. The average molecular weight is 293 g/mol. The predicted octanol–water partition coefficient (Wildman–Crippen LogP) is 2.39. The number of likely N-dealkylation sites (N-methyl/N-ethyl adjacent to an activating group) is 1. The Bertz CT molecular complexity index is 513. The van der Waals surface area contributed by atoms with E-state index in [1.54, 1.807) is 6.92 Å². The number of amides is 1. The van der Waals surface area contributed by atoms with Crippen molar-refractivity contribution < 1.29 is 19.4 Å². The molecule has 0 bridgehead atoms. The van der Waals surface area contributed by atoms with Gasteiger partial charge in [0, 0.05) is 12.6 Å². The summed E-state index contributed by atoms with van der Waals surface area (Å²) in [6.45, 7) is 7.82. The van der Waals surface area contributed by atoms with E-state index < -0.39 is 5.97 Å². The first-order valence-electron chi connectivity index (χ1n) is 7.06. The van der Waals surface area contributed by atoms with Crippen LogP contribution in [-0.4, -0.2) is 41.1 Å². The predicted molar refractivity (Wildman–Crippen MR) is 80.5 cm³/mol. The van der Waals surface area contributed by atoms with Gasteiger partial charge in [0.1, 0.15) is 5.75 Å². The van der Waals surface area contributed by atoms with Gasteiger partial charge in [-0.1, -0.05) is 12.1 Å². The topological polar surface area (TPSA) is 66.8 Å². The summed E-state index contributed by atoms with van der Waals surface area (Å²) in [6, 6.07) is 5.47. The van der Waals surface area contributed by atoms with Crippen LogP contribution in [0.5, 0.6) is 5.75 Å². The summed E-state index contributed by atoms with van der Waals surface area (Å²) in [7, 11) is 0. The van der Waals surface area contributed by atoms with Crippen LogP contribution in [0, 0.1) is 13.8 Å². The van der Waals surface area contributed by atoms with Crippen LogP contribution in [0.1, 0.15) is 31.4 Å². The van der Waals surface area contributed by atoms with E-state index in [4.69, 9.17) is 9.84 Å². The molecule has 1 amide bonds. The third-order valence-corrected chi connectivity index (χ3v) is 3.36. The molecule has 0 saturated carbocycles. The number of aliphatic carboxylic acids is 1. The molecule has 0 saturated heterocycles. The van der Waals surface area contributed by atoms with Crippen molar-refractivity contribution in [1.82, 2.24) is 4.90 Å². The van der Waals surface area contributed by atoms with Gasteiger partial charge in [0.15, 0.2) is 6.61 Å². The van der Waals surface area contributed by atoms with Crippen LogP contribution in [0.4, 0.5) is 0 Å². The van der Waals surface area contributed by atoms with Crippen LogP contribution >= 0.6 is 0 Å². The minimum atomic E-state index is -0.913. The van der Waals surface area contributed by atoms with Crippen LogP contribution in [0.3, 0.4) is 0 Å². The fraction of sp³-hybridized carbons (Fsp3) is 0.500. The third kappa shape index (κ3) is 5.10. The standard InChI is InChI=1S/C16H23NO4/c1-5-17(13(4)9-16(19)20)15(18)10-21-14-8-11(2)6-7-12(14)3/h6-8,13H,5,9-10H2,1-4H3,(H,19,20). The number of carboxylic acids is 1. The van der Waals surface area contributed by atoms with Crippen molar-refractivity contribution in [3.63, 3.8) is 0 Å². The lowest BCUT2D eigenvalue weighted by molar-refractivity contribution is -0.141. The Hall–Kier alpha value is -2.04. The zero-order valence-electron chi connectivity index (χ0n) is 13.0. The Morgan fingerprint density at radius 2 is 2.00 bits per heavy atom. The zero-order chi connectivity index (χ0) is 16.0. The number of carboxylic acid groups (broad SMARTS) is 1. The van der Waals surface area contributed by atoms with Crippen LogP contribution in [0.2, 0.25) is 0 Å². The van der Waals surface area contributed by atoms with Crippen molar-refractivity contribution in [2.45, 2.75) is 40.2 Å². The molecule has 0 aliphatic carbocycles. The Morgan fingerprint density at radius 3 is 2.57 bits per heavy atom. The zero-order valence-corrected chi connectivity index (χ0v) is 13.0. The summed E-state index contributed by atoms with van der Waals surface area (Å²) in [5.74, 6) is -0.429. The highest BCUT2D eigenvalue weighted by Gasteiger charge is 2.21. The molecule has 1 aromatic rings. The normalized spacial score (nSPS) is 11.8. The maximum absolute atomic E-state index is 12.2. The lowest BCUT2D eigenvalue weighted by atomic mass is 10.1. The van der Waals surface area contributed by atoms with Gasteiger partial charge in [0.25, 0.3) is 5.91 Å². The first kappa shape index (κ1) is 17.0. The summed E-state index contributed by atoms with van der Waals surface area (Å²) in [5, 5.41) is 8.82. The van der Waals surface area contributed by atoms with Crippen molar-refractivity contribution in [2.24, 2.45) is 0 Å². The second kappa shape index (κ2) is 7.67. The van der Waals surface area contributed by atoms with Crippen molar-refractivity contribution in [3.05, 3.63) is 29.3 Å². The molecule has 0 aliphatic heterocycles. The van der Waals surface area contributed by atoms with E-state index in [0.29, 0.717) is 12.3 Å². The minimum absolute atomic E-state index is 0.0664. The lowest BCUT2D eigenvalue weighted by Gasteiger charge is -2.27. The molecule has 0 fully saturated rings. The van der Waals surface area contributed by atoms with Gasteiger partial charge in [-0.3, -0.25) is 9.59 Å². The number of rotatable bonds is 7. The Balaban J connectivity index is 2.66. The van der Waals surface area contributed by atoms with Gasteiger partial charge in [-0.05, 0) is 44.9 Å². The summed E-state index contributed by atoms with van der Waals surface area (Å²) >= 11 is 0. The van der Waals surface area contributed by atoms with Gasteiger partial charge in [-0.2, -0.15) is 0 Å². The summed E-state index contributed by atoms with van der Waals surface area (Å²) < 4.78 is 5.58. The fourth-order valence-corrected chi connectivity index (χ4v) is 2.18. The molecule has 21 heavy (non-hydrogen) atoms. The summed E-state index contributed by atoms with van der Waals surface area (Å²) in [5.41, 5.74) is 2.03. The molecule has 0 radical (unpaired) electrons. The van der Waals surface area contributed by atoms with E-state index in [1.165, 1.54) is 4.90 Å². The van der Waals surface area contributed by atoms with Crippen molar-refractivity contribution >= 4 is 11.9 Å². The second-order valence-electron chi connectivity index (χ2n) is 5.18. The summed E-state index contributed by atoms with van der Waals surface area (Å²) in [6.07, 6.45) is -0.0664. The fourth-order valence-electron chi connectivity index (χ4n) is 2.18. The highest BCUT2D eigenvalue weighted by atomic mass is 16.5. The van der Waals surface area contributed by atoms with E-state index in [1.807, 2.05) is 39.0 Å². The molecule has 1 atom stereocenters. The first-order valence-corrected chi connectivity index (χ1v) is 7.06. The number of ether oxygens (including phenoxy) is 1. The SMILES string of the molecule is CCN(C(=O)COc1cc(C)ccc1C)C(C)CC(=O)O. The van der Waals surface area contributed by atoms with Crippen molar-refractivity contribution in [3.8, 4) is 5.75 Å². The number of nitrogens with zero attached hydrogens (tertiary/aromatic N) is 1. The summed E-state index contributed by atoms with van der Waals surface area (Å²) in [4.78, 5) is 24.4. The second-order valence-corrected chi connectivity index (χ2v) is 5.18. The number of aryl methyl sites for hydroxylation is 2. The van der Waals surface area contributed by atoms with E-state index >= 15 is 0 Å². The van der Waals surface area contributed by atoms with Crippen molar-refractivity contribution in [1.29, 1.82) is 0 Å². The molecule has 0 aromatic heterocycles. The molecule has 1 aromatic carbocycles. The van der Waals surface area contributed by atoms with Crippen LogP contribution in [-0.2, 0) is 9.59 Å². The average Bonchev–Trinajstić information content (AvgIpc) is 2.39. The quantitative estimate of drug-likeness (QED) is 0.838. The molecule has 0 spiro atoms. The molecule has 1 rings (SSSR count). The Kier molecular flexibility index (Phi) is 6.21. The highest BCUT2D eigenvalue weighted by Crippen LogP contribution is 2.19. The van der Waals surface area contributed by atoms with Crippen LogP contribution in [0.15, 0.2) is 18.2 Å². The van der Waals surface area contributed by atoms with Crippen LogP contribution < -0.4 is 4.74 Å². The van der Waals surface area contributed by atoms with Gasteiger partial charge in [-0.25, -0.2) is 0 Å². The number of hydrogen-bond donors (Lipinski definition) is 1. The molecule has 5 heteroatoms. The minimum Gasteiger partial charge on any atom is -0.483 e. The molecule has 0 heterocycles. The maximum atomic E-state index is 12.2. The molecule has 5 nitrogen and oxygen atoms in total. The van der Waals surface area contributed by atoms with Crippen molar-refractivity contribution in [2.75, 3.05) is 13.2 Å². The molecule has 116 valence electrons. The molecule has 0 aliphatic rings. The van der Waals surface area contributed by atoms with Gasteiger partial charge in [0.2, 0.25) is 0 Å². The van der Waals surface area contributed by atoms with E-state index in [-0.39, 0.29) is 25.0 Å². The first-order chi connectivity index (χ1) is 9.85. The number of benzene rings is 1. The van der Waals surface area contributed by atoms with Gasteiger partial charge >= 0.3 is 5.97 Å². The Labute approximate surface area is 125 Å². The van der Waals surface area contributed by atoms with Crippen LogP contribution in [0.25, 0.3) is 0 Å². The Morgan fingerprint density at radius 1 is 1.33 bits per heavy atom. The molecular formula is C16H23NO4. The monoisotopic (exact) mass is 293 g/mol. The molecule has 1 unspecified atom stereocenters. The molecular weight excluding hydrogens is 270 g/mol. The smallest absolute Gasteiger partial charge is 0.305 e. The van der Waals surface area contributed by atoms with Gasteiger partial charge < -0.3 is 14.7 Å². The number of carbonyl (C=O) groups is 2. The maximum Gasteiger partial charge on any atom is 0.305 e.